The SMILES string of the molecule is Cc1cccc(OCCCC(=O)NCc2ccccc2CN(C)C)c1. The molecule has 25 heavy (non-hydrogen) atoms. The number of hydrogen-bond acceptors (Lipinski definition) is 3. The molecule has 0 atom stereocenters. The van der Waals surface area contributed by atoms with Crippen molar-refractivity contribution in [1.29, 1.82) is 0 Å². The Hall–Kier alpha value is -2.33. The smallest absolute Gasteiger partial charge is 0.220 e. The number of ether oxygens (including phenoxy) is 1. The number of nitrogens with one attached hydrogen (secondary N) is 1. The molecular formula is C21H28N2O2. The van der Waals surface area contributed by atoms with Gasteiger partial charge in [-0.25, -0.2) is 0 Å². The van der Waals surface area contributed by atoms with Crippen LogP contribution in [-0.2, 0) is 17.9 Å². The Bertz CT molecular complexity index is 683. The molecule has 0 aliphatic rings. The molecule has 0 spiro atoms. The Morgan fingerprint density at radius 3 is 2.56 bits per heavy atom. The maximum atomic E-state index is 12.0. The van der Waals surface area contributed by atoms with Gasteiger partial charge in [-0.2, -0.15) is 0 Å². The molecule has 4 heteroatoms. The number of carbonyl (C=O) groups excluding carboxylic acids is 1. The monoisotopic (exact) mass is 340 g/mol. The summed E-state index contributed by atoms with van der Waals surface area (Å²) in [6.45, 7) is 4.03. The fourth-order valence-corrected chi connectivity index (χ4v) is 2.63. The fraction of sp³-hybridized carbons (Fsp3) is 0.381. The first kappa shape index (κ1) is 19.0. The van der Waals surface area contributed by atoms with Crippen LogP contribution in [0.3, 0.4) is 0 Å². The van der Waals surface area contributed by atoms with Gasteiger partial charge in [0.15, 0.2) is 0 Å². The van der Waals surface area contributed by atoms with Crippen molar-refractivity contribution in [3.63, 3.8) is 0 Å². The molecule has 2 aromatic carbocycles. The van der Waals surface area contributed by atoms with Crippen LogP contribution in [0.25, 0.3) is 0 Å². The van der Waals surface area contributed by atoms with E-state index in [0.29, 0.717) is 26.0 Å². The van der Waals surface area contributed by atoms with E-state index >= 15 is 0 Å². The standard InChI is InChI=1S/C21H28N2O2/c1-17-8-6-11-20(14-17)25-13-7-12-21(24)22-15-18-9-4-5-10-19(18)16-23(2)3/h4-6,8-11,14H,7,12-13,15-16H2,1-3H3,(H,22,24). The molecule has 0 radical (unpaired) electrons. The van der Waals surface area contributed by atoms with Gasteiger partial charge >= 0.3 is 0 Å². The zero-order valence-electron chi connectivity index (χ0n) is 15.4. The zero-order chi connectivity index (χ0) is 18.1. The second kappa shape index (κ2) is 9.84. The van der Waals surface area contributed by atoms with Crippen LogP contribution in [0.4, 0.5) is 0 Å². The molecule has 0 unspecified atom stereocenters. The summed E-state index contributed by atoms with van der Waals surface area (Å²) in [7, 11) is 4.09. The van der Waals surface area contributed by atoms with Crippen LogP contribution < -0.4 is 10.1 Å². The van der Waals surface area contributed by atoms with Crippen LogP contribution in [0.15, 0.2) is 48.5 Å². The zero-order valence-corrected chi connectivity index (χ0v) is 15.4. The van der Waals surface area contributed by atoms with E-state index in [9.17, 15) is 4.79 Å². The molecule has 0 fully saturated rings. The molecule has 0 saturated carbocycles. The molecule has 4 nitrogen and oxygen atoms in total. The highest BCUT2D eigenvalue weighted by Crippen LogP contribution is 2.13. The van der Waals surface area contributed by atoms with Crippen molar-refractivity contribution in [3.8, 4) is 5.75 Å². The van der Waals surface area contributed by atoms with Crippen molar-refractivity contribution in [2.45, 2.75) is 32.9 Å². The first-order valence-corrected chi connectivity index (χ1v) is 8.72. The van der Waals surface area contributed by atoms with E-state index in [1.54, 1.807) is 0 Å². The largest absolute Gasteiger partial charge is 0.494 e. The predicted molar refractivity (Wildman–Crippen MR) is 102 cm³/mol. The third-order valence-electron chi connectivity index (χ3n) is 3.89. The highest BCUT2D eigenvalue weighted by Gasteiger charge is 2.06. The van der Waals surface area contributed by atoms with Crippen molar-refractivity contribution in [2.24, 2.45) is 0 Å². The maximum Gasteiger partial charge on any atom is 0.220 e. The summed E-state index contributed by atoms with van der Waals surface area (Å²) in [5, 5.41) is 3.01. The van der Waals surface area contributed by atoms with E-state index in [1.165, 1.54) is 16.7 Å². The van der Waals surface area contributed by atoms with Crippen LogP contribution in [0, 0.1) is 6.92 Å². The molecule has 0 bridgehead atoms. The van der Waals surface area contributed by atoms with Crippen LogP contribution in [-0.4, -0.2) is 31.5 Å². The lowest BCUT2D eigenvalue weighted by atomic mass is 10.1. The lowest BCUT2D eigenvalue weighted by molar-refractivity contribution is -0.121. The highest BCUT2D eigenvalue weighted by atomic mass is 16.5. The molecule has 0 aromatic heterocycles. The summed E-state index contributed by atoms with van der Waals surface area (Å²) in [6, 6.07) is 16.2. The summed E-state index contributed by atoms with van der Waals surface area (Å²) in [5.74, 6) is 0.922. The van der Waals surface area contributed by atoms with Gasteiger partial charge in [-0.1, -0.05) is 36.4 Å². The van der Waals surface area contributed by atoms with Gasteiger partial charge in [0.1, 0.15) is 5.75 Å². The van der Waals surface area contributed by atoms with E-state index in [4.69, 9.17) is 4.74 Å². The summed E-state index contributed by atoms with van der Waals surface area (Å²) in [4.78, 5) is 14.2. The summed E-state index contributed by atoms with van der Waals surface area (Å²) in [6.07, 6.45) is 1.18. The average molecular weight is 340 g/mol. The summed E-state index contributed by atoms with van der Waals surface area (Å²) in [5.41, 5.74) is 3.59. The molecule has 1 N–H and O–H groups in total. The van der Waals surface area contributed by atoms with E-state index < -0.39 is 0 Å². The molecule has 0 saturated heterocycles. The molecule has 2 aromatic rings. The van der Waals surface area contributed by atoms with Crippen LogP contribution >= 0.6 is 0 Å². The number of carbonyl (C=O) groups is 1. The Labute approximate surface area is 150 Å². The van der Waals surface area contributed by atoms with Crippen molar-refractivity contribution in [3.05, 3.63) is 65.2 Å². The summed E-state index contributed by atoms with van der Waals surface area (Å²) >= 11 is 0. The van der Waals surface area contributed by atoms with Gasteiger partial charge in [-0.05, 0) is 56.3 Å². The number of hydrogen-bond donors (Lipinski definition) is 1. The van der Waals surface area contributed by atoms with Crippen molar-refractivity contribution >= 4 is 5.91 Å². The fourth-order valence-electron chi connectivity index (χ4n) is 2.63. The number of amides is 1. The van der Waals surface area contributed by atoms with Crippen LogP contribution in [0.5, 0.6) is 5.75 Å². The minimum Gasteiger partial charge on any atom is -0.494 e. The Kier molecular flexibility index (Phi) is 7.48. The van der Waals surface area contributed by atoms with Gasteiger partial charge in [-0.15, -0.1) is 0 Å². The second-order valence-corrected chi connectivity index (χ2v) is 6.55. The van der Waals surface area contributed by atoms with E-state index in [1.807, 2.05) is 57.4 Å². The van der Waals surface area contributed by atoms with Gasteiger partial charge in [0.05, 0.1) is 6.61 Å². The topological polar surface area (TPSA) is 41.6 Å². The third-order valence-corrected chi connectivity index (χ3v) is 3.89. The summed E-state index contributed by atoms with van der Waals surface area (Å²) < 4.78 is 5.68. The number of benzene rings is 2. The highest BCUT2D eigenvalue weighted by molar-refractivity contribution is 5.75. The number of nitrogens with zero attached hydrogens (tertiary/aromatic N) is 1. The van der Waals surface area contributed by atoms with E-state index in [0.717, 1.165) is 12.3 Å². The lowest BCUT2D eigenvalue weighted by Gasteiger charge is -2.14. The normalized spacial score (nSPS) is 10.7. The molecule has 2 rings (SSSR count). The van der Waals surface area contributed by atoms with Gasteiger partial charge in [-0.3, -0.25) is 4.79 Å². The maximum absolute atomic E-state index is 12.0. The second-order valence-electron chi connectivity index (χ2n) is 6.55. The molecule has 0 aliphatic carbocycles. The molecule has 0 heterocycles. The average Bonchev–Trinajstić information content (AvgIpc) is 2.57. The first-order valence-electron chi connectivity index (χ1n) is 8.72. The molecule has 0 aliphatic heterocycles. The van der Waals surface area contributed by atoms with Crippen LogP contribution in [0.2, 0.25) is 0 Å². The third kappa shape index (κ3) is 6.98. The van der Waals surface area contributed by atoms with Crippen molar-refractivity contribution in [2.75, 3.05) is 20.7 Å². The van der Waals surface area contributed by atoms with Crippen molar-refractivity contribution < 1.29 is 9.53 Å². The van der Waals surface area contributed by atoms with Crippen LogP contribution in [0.1, 0.15) is 29.5 Å². The van der Waals surface area contributed by atoms with Gasteiger partial charge in [0.2, 0.25) is 5.91 Å². The van der Waals surface area contributed by atoms with E-state index in [2.05, 4.69) is 22.3 Å². The number of rotatable bonds is 9. The molecular weight excluding hydrogens is 312 g/mol. The predicted octanol–water partition coefficient (Wildman–Crippen LogP) is 3.53. The van der Waals surface area contributed by atoms with Gasteiger partial charge in [0, 0.05) is 19.5 Å². The lowest BCUT2D eigenvalue weighted by Crippen LogP contribution is -2.24. The Balaban J connectivity index is 1.71. The minimum absolute atomic E-state index is 0.0625. The van der Waals surface area contributed by atoms with E-state index in [-0.39, 0.29) is 5.91 Å². The van der Waals surface area contributed by atoms with Crippen molar-refractivity contribution in [1.82, 2.24) is 10.2 Å². The minimum atomic E-state index is 0.0625. The first-order chi connectivity index (χ1) is 12.0. The Morgan fingerprint density at radius 1 is 1.08 bits per heavy atom. The quantitative estimate of drug-likeness (QED) is 0.710. The molecule has 1 amide bonds. The van der Waals surface area contributed by atoms with Gasteiger partial charge in [0.25, 0.3) is 0 Å². The number of aryl methyl sites for hydroxylation is 1. The van der Waals surface area contributed by atoms with Gasteiger partial charge < -0.3 is 15.0 Å². The Morgan fingerprint density at radius 2 is 1.84 bits per heavy atom. The molecule has 134 valence electrons.